The number of aryl methyl sites for hydroxylation is 1. The maximum absolute atomic E-state index is 12.4. The second kappa shape index (κ2) is 9.07. The maximum Gasteiger partial charge on any atom is 0.241 e. The summed E-state index contributed by atoms with van der Waals surface area (Å²) in [7, 11) is -3.75. The Morgan fingerprint density at radius 3 is 2.47 bits per heavy atom. The molecule has 0 atom stereocenters. The molecule has 10 heteroatoms. The number of nitrogens with zero attached hydrogens (tertiary/aromatic N) is 3. The topological polar surface area (TPSA) is 84.3 Å². The molecule has 0 aliphatic rings. The fourth-order valence-electron chi connectivity index (χ4n) is 2.87. The van der Waals surface area contributed by atoms with E-state index in [-0.39, 0.29) is 17.3 Å². The van der Waals surface area contributed by atoms with E-state index in [0.717, 1.165) is 27.6 Å². The number of carbonyl (C=O) groups is 1. The van der Waals surface area contributed by atoms with Crippen molar-refractivity contribution in [1.82, 2.24) is 14.9 Å². The Balaban J connectivity index is 1.68. The van der Waals surface area contributed by atoms with Crippen LogP contribution in [0.1, 0.15) is 11.4 Å². The van der Waals surface area contributed by atoms with Crippen LogP contribution in [0.15, 0.2) is 54.9 Å². The quantitative estimate of drug-likeness (QED) is 0.576. The SMILES string of the molecule is Cc1nccn1-c1ccc(CNC(=O)CN(c2cc(Cl)ccc2Cl)S(C)(=O)=O)cc1. The molecule has 0 fully saturated rings. The summed E-state index contributed by atoms with van der Waals surface area (Å²) in [6, 6.07) is 12.1. The van der Waals surface area contributed by atoms with Crippen molar-refractivity contribution < 1.29 is 13.2 Å². The molecule has 0 aliphatic carbocycles. The van der Waals surface area contributed by atoms with Gasteiger partial charge in [0.2, 0.25) is 15.9 Å². The summed E-state index contributed by atoms with van der Waals surface area (Å²) in [5.41, 5.74) is 1.98. The van der Waals surface area contributed by atoms with E-state index < -0.39 is 22.5 Å². The first kappa shape index (κ1) is 22.1. The lowest BCUT2D eigenvalue weighted by molar-refractivity contribution is -0.119. The molecule has 7 nitrogen and oxygen atoms in total. The zero-order chi connectivity index (χ0) is 21.9. The number of sulfonamides is 1. The molecule has 1 heterocycles. The van der Waals surface area contributed by atoms with Gasteiger partial charge < -0.3 is 9.88 Å². The number of anilines is 1. The molecule has 30 heavy (non-hydrogen) atoms. The Bertz CT molecular complexity index is 1160. The molecule has 1 N–H and O–H groups in total. The Hall–Kier alpha value is -2.55. The molecule has 0 radical (unpaired) electrons. The van der Waals surface area contributed by atoms with Gasteiger partial charge in [-0.05, 0) is 42.8 Å². The third-order valence-corrected chi connectivity index (χ3v) is 6.08. The van der Waals surface area contributed by atoms with Gasteiger partial charge in [0.25, 0.3) is 0 Å². The number of rotatable bonds is 7. The molecule has 0 aliphatic heterocycles. The summed E-state index contributed by atoms with van der Waals surface area (Å²) in [5.74, 6) is 0.405. The van der Waals surface area contributed by atoms with E-state index in [2.05, 4.69) is 10.3 Å². The van der Waals surface area contributed by atoms with Crippen molar-refractivity contribution in [3.63, 3.8) is 0 Å². The first-order valence-electron chi connectivity index (χ1n) is 8.94. The predicted molar refractivity (Wildman–Crippen MR) is 119 cm³/mol. The summed E-state index contributed by atoms with van der Waals surface area (Å²) in [4.78, 5) is 16.6. The van der Waals surface area contributed by atoms with Crippen LogP contribution in [0.25, 0.3) is 5.69 Å². The molecular formula is C20H20Cl2N4O3S. The number of aromatic nitrogens is 2. The van der Waals surface area contributed by atoms with E-state index in [1.54, 1.807) is 12.3 Å². The molecular weight excluding hydrogens is 447 g/mol. The van der Waals surface area contributed by atoms with Crippen molar-refractivity contribution >= 4 is 44.8 Å². The van der Waals surface area contributed by atoms with E-state index in [9.17, 15) is 13.2 Å². The maximum atomic E-state index is 12.4. The van der Waals surface area contributed by atoms with E-state index >= 15 is 0 Å². The number of halogens is 2. The van der Waals surface area contributed by atoms with Gasteiger partial charge in [-0.2, -0.15) is 0 Å². The highest BCUT2D eigenvalue weighted by Gasteiger charge is 2.23. The highest BCUT2D eigenvalue weighted by molar-refractivity contribution is 7.92. The second-order valence-electron chi connectivity index (χ2n) is 6.65. The summed E-state index contributed by atoms with van der Waals surface area (Å²) < 4.78 is 27.3. The summed E-state index contributed by atoms with van der Waals surface area (Å²) in [6.07, 6.45) is 4.60. The van der Waals surface area contributed by atoms with Gasteiger partial charge in [0.05, 0.1) is 17.0 Å². The summed E-state index contributed by atoms with van der Waals surface area (Å²) in [5, 5.41) is 3.23. The van der Waals surface area contributed by atoms with Crippen LogP contribution in [0, 0.1) is 6.92 Å². The third-order valence-electron chi connectivity index (χ3n) is 4.39. The molecule has 2 aromatic carbocycles. The van der Waals surface area contributed by atoms with E-state index in [1.165, 1.54) is 12.1 Å². The minimum Gasteiger partial charge on any atom is -0.350 e. The van der Waals surface area contributed by atoms with Gasteiger partial charge in [0, 0.05) is 29.6 Å². The van der Waals surface area contributed by atoms with Crippen molar-refractivity contribution in [2.45, 2.75) is 13.5 Å². The predicted octanol–water partition coefficient (Wildman–Crippen LogP) is 3.57. The van der Waals surface area contributed by atoms with Crippen LogP contribution >= 0.6 is 23.2 Å². The standard InChI is InChI=1S/C20H20Cl2N4O3S/c1-14-23-9-10-25(14)17-6-3-15(4-7-17)12-24-20(27)13-26(30(2,28)29)19-11-16(21)5-8-18(19)22/h3-11H,12-13H2,1-2H3,(H,24,27). The molecule has 158 valence electrons. The van der Waals surface area contributed by atoms with E-state index in [1.807, 2.05) is 42.0 Å². The molecule has 3 rings (SSSR count). The number of amides is 1. The third kappa shape index (κ3) is 5.33. The van der Waals surface area contributed by atoms with Crippen LogP contribution < -0.4 is 9.62 Å². The average Bonchev–Trinajstić information content (AvgIpc) is 3.12. The lowest BCUT2D eigenvalue weighted by Crippen LogP contribution is -2.40. The zero-order valence-electron chi connectivity index (χ0n) is 16.3. The van der Waals surface area contributed by atoms with Crippen molar-refractivity contribution in [2.24, 2.45) is 0 Å². The van der Waals surface area contributed by atoms with Gasteiger partial charge in [0.15, 0.2) is 0 Å². The number of hydrogen-bond donors (Lipinski definition) is 1. The van der Waals surface area contributed by atoms with Crippen molar-refractivity contribution in [3.8, 4) is 5.69 Å². The molecule has 0 spiro atoms. The summed E-state index contributed by atoms with van der Waals surface area (Å²) in [6.45, 7) is 1.75. The van der Waals surface area contributed by atoms with Crippen LogP contribution in [-0.2, 0) is 21.4 Å². The Morgan fingerprint density at radius 2 is 1.87 bits per heavy atom. The molecule has 1 aromatic heterocycles. The lowest BCUT2D eigenvalue weighted by atomic mass is 10.2. The normalized spacial score (nSPS) is 11.3. The van der Waals surface area contributed by atoms with Crippen molar-refractivity contribution in [2.75, 3.05) is 17.1 Å². The lowest BCUT2D eigenvalue weighted by Gasteiger charge is -2.23. The van der Waals surface area contributed by atoms with Crippen LogP contribution in [0.5, 0.6) is 0 Å². The number of hydrogen-bond acceptors (Lipinski definition) is 4. The second-order valence-corrected chi connectivity index (χ2v) is 9.40. The monoisotopic (exact) mass is 466 g/mol. The fourth-order valence-corrected chi connectivity index (χ4v) is 4.17. The number of benzene rings is 2. The molecule has 0 saturated carbocycles. The fraction of sp³-hybridized carbons (Fsp3) is 0.200. The average molecular weight is 467 g/mol. The van der Waals surface area contributed by atoms with Gasteiger partial charge >= 0.3 is 0 Å². The molecule has 0 bridgehead atoms. The van der Waals surface area contributed by atoms with Crippen LogP contribution in [0.4, 0.5) is 5.69 Å². The molecule has 0 unspecified atom stereocenters. The van der Waals surface area contributed by atoms with Crippen LogP contribution in [0.3, 0.4) is 0 Å². The van der Waals surface area contributed by atoms with Crippen molar-refractivity contribution in [3.05, 3.63) is 76.3 Å². The molecule has 1 amide bonds. The number of imidazole rings is 1. The van der Waals surface area contributed by atoms with Gasteiger partial charge in [0.1, 0.15) is 12.4 Å². The first-order chi connectivity index (χ1) is 14.1. The minimum absolute atomic E-state index is 0.155. The Morgan fingerprint density at radius 1 is 1.17 bits per heavy atom. The highest BCUT2D eigenvalue weighted by Crippen LogP contribution is 2.30. The van der Waals surface area contributed by atoms with E-state index in [0.29, 0.717) is 5.02 Å². The van der Waals surface area contributed by atoms with Gasteiger partial charge in [-0.1, -0.05) is 35.3 Å². The smallest absolute Gasteiger partial charge is 0.241 e. The molecule has 0 saturated heterocycles. The van der Waals surface area contributed by atoms with Crippen LogP contribution in [0.2, 0.25) is 10.0 Å². The first-order valence-corrected chi connectivity index (χ1v) is 11.5. The highest BCUT2D eigenvalue weighted by atomic mass is 35.5. The van der Waals surface area contributed by atoms with E-state index in [4.69, 9.17) is 23.2 Å². The van der Waals surface area contributed by atoms with Gasteiger partial charge in [-0.3, -0.25) is 9.10 Å². The Labute approximate surface area is 185 Å². The Kier molecular flexibility index (Phi) is 6.70. The molecule has 3 aromatic rings. The summed E-state index contributed by atoms with van der Waals surface area (Å²) >= 11 is 12.1. The zero-order valence-corrected chi connectivity index (χ0v) is 18.7. The number of carbonyl (C=O) groups excluding carboxylic acids is 1. The number of nitrogens with one attached hydrogen (secondary N) is 1. The largest absolute Gasteiger partial charge is 0.350 e. The van der Waals surface area contributed by atoms with Gasteiger partial charge in [-0.15, -0.1) is 0 Å². The minimum atomic E-state index is -3.75. The van der Waals surface area contributed by atoms with Crippen molar-refractivity contribution in [1.29, 1.82) is 0 Å². The van der Waals surface area contributed by atoms with Gasteiger partial charge in [-0.25, -0.2) is 13.4 Å². The van der Waals surface area contributed by atoms with Crippen LogP contribution in [-0.4, -0.2) is 36.7 Å².